The molecule has 3 fully saturated rings. The number of hydrogen-bond acceptors (Lipinski definition) is 9. The Kier molecular flexibility index (Phi) is 16.8. The molecular weight excluding hydrogens is 721 g/mol. The number of ether oxygens (including phenoxy) is 1. The number of hydrogen-bond donors (Lipinski definition) is 3. The molecule has 4 aromatic carbocycles. The average molecular weight is 783 g/mol. The first-order valence-corrected chi connectivity index (χ1v) is 21.3. The Morgan fingerprint density at radius 3 is 1.71 bits per heavy atom. The highest BCUT2D eigenvalue weighted by Gasteiger charge is 2.21. The molecule has 0 spiro atoms. The molecule has 6 aromatic rings. The Labute approximate surface area is 344 Å². The number of rotatable bonds is 8. The van der Waals surface area contributed by atoms with E-state index in [1.165, 1.54) is 24.0 Å². The Balaban J connectivity index is 0.000000149. The van der Waals surface area contributed by atoms with Gasteiger partial charge in [0, 0.05) is 69.7 Å². The molecule has 306 valence electrons. The molecule has 58 heavy (non-hydrogen) atoms. The van der Waals surface area contributed by atoms with Crippen molar-refractivity contribution in [3.8, 4) is 0 Å². The zero-order valence-electron chi connectivity index (χ0n) is 34.5. The zero-order chi connectivity index (χ0) is 40.4. The summed E-state index contributed by atoms with van der Waals surface area (Å²) in [5.41, 5.74) is 10.4. The van der Waals surface area contributed by atoms with Crippen molar-refractivity contribution >= 4 is 27.6 Å². The molecule has 3 aliphatic rings. The highest BCUT2D eigenvalue weighted by molar-refractivity contribution is 5.89. The predicted octanol–water partition coefficient (Wildman–Crippen LogP) is 8.16. The van der Waals surface area contributed by atoms with E-state index in [0.29, 0.717) is 17.5 Å². The summed E-state index contributed by atoms with van der Waals surface area (Å²) in [7, 11) is 0. The van der Waals surface area contributed by atoms with Gasteiger partial charge in [-0.2, -0.15) is 0 Å². The van der Waals surface area contributed by atoms with Crippen molar-refractivity contribution in [1.82, 2.24) is 29.7 Å². The van der Waals surface area contributed by atoms with E-state index in [2.05, 4.69) is 116 Å². The van der Waals surface area contributed by atoms with Crippen molar-refractivity contribution in [2.75, 3.05) is 44.7 Å². The number of nitrogens with two attached hydrogens (primary N) is 1. The number of nitrogens with one attached hydrogen (secondary N) is 2. The molecule has 3 aliphatic heterocycles. The number of fused-ring (bicyclic) bond motifs is 2. The molecule has 2 aromatic heterocycles. The van der Waals surface area contributed by atoms with Crippen LogP contribution in [-0.4, -0.2) is 81.2 Å². The third kappa shape index (κ3) is 13.3. The Morgan fingerprint density at radius 1 is 0.655 bits per heavy atom. The van der Waals surface area contributed by atoms with Gasteiger partial charge in [-0.15, -0.1) is 0 Å². The lowest BCUT2D eigenvalue weighted by atomic mass is 10.0. The number of H-pyrrole nitrogens is 1. The van der Waals surface area contributed by atoms with Crippen LogP contribution >= 0.6 is 0 Å². The van der Waals surface area contributed by atoms with Crippen molar-refractivity contribution in [3.05, 3.63) is 142 Å². The summed E-state index contributed by atoms with van der Waals surface area (Å²) >= 11 is 0. The van der Waals surface area contributed by atoms with Crippen molar-refractivity contribution < 1.29 is 4.74 Å². The number of aromatic amines is 1. The highest BCUT2D eigenvalue weighted by atomic mass is 16.5. The summed E-state index contributed by atoms with van der Waals surface area (Å²) in [4.78, 5) is 32.9. The highest BCUT2D eigenvalue weighted by Crippen LogP contribution is 2.24. The minimum atomic E-state index is -0.0533. The summed E-state index contributed by atoms with van der Waals surface area (Å²) < 4.78 is 4.94. The normalized spacial score (nSPS) is 16.4. The molecule has 0 radical (unpaired) electrons. The maximum atomic E-state index is 11.5. The van der Waals surface area contributed by atoms with Gasteiger partial charge in [0.05, 0.1) is 16.4 Å². The van der Waals surface area contributed by atoms with Gasteiger partial charge in [-0.1, -0.05) is 98.8 Å². The van der Waals surface area contributed by atoms with Gasteiger partial charge >= 0.3 is 0 Å². The van der Waals surface area contributed by atoms with Crippen LogP contribution < -0.4 is 16.6 Å². The fourth-order valence-electron chi connectivity index (χ4n) is 7.43. The lowest BCUT2D eigenvalue weighted by Gasteiger charge is -2.32. The van der Waals surface area contributed by atoms with E-state index in [1.54, 1.807) is 6.07 Å². The molecule has 5 heterocycles. The molecule has 0 aliphatic carbocycles. The van der Waals surface area contributed by atoms with Gasteiger partial charge in [0.2, 0.25) is 0 Å². The van der Waals surface area contributed by atoms with E-state index in [4.69, 9.17) is 15.5 Å². The predicted molar refractivity (Wildman–Crippen MR) is 238 cm³/mol. The zero-order valence-corrected chi connectivity index (χ0v) is 34.5. The van der Waals surface area contributed by atoms with E-state index in [9.17, 15) is 4.79 Å². The van der Waals surface area contributed by atoms with Crippen LogP contribution in [0.1, 0.15) is 75.1 Å². The van der Waals surface area contributed by atoms with E-state index in [1.807, 2.05) is 31.2 Å². The van der Waals surface area contributed by atoms with Gasteiger partial charge in [0.25, 0.3) is 5.56 Å². The van der Waals surface area contributed by atoms with Crippen LogP contribution in [0.25, 0.3) is 21.8 Å². The lowest BCUT2D eigenvalue weighted by Crippen LogP contribution is -2.39. The molecule has 0 unspecified atom stereocenters. The molecule has 9 rings (SSSR count). The number of para-hydroxylation sites is 2. The summed E-state index contributed by atoms with van der Waals surface area (Å²) in [6.45, 7) is 12.7. The van der Waals surface area contributed by atoms with Crippen LogP contribution in [0.4, 0.5) is 5.82 Å². The Bertz CT molecular complexity index is 2140. The maximum absolute atomic E-state index is 11.5. The largest absolute Gasteiger partial charge is 0.381 e. The minimum Gasteiger partial charge on any atom is -0.381 e. The number of aryl methyl sites for hydroxylation is 2. The first-order chi connectivity index (χ1) is 28.5. The SMILES string of the molecule is C1CCOC1.CCc1nc(NC2CCN(Cc3ccccc3)CC2)c2ccccc2n1.CCc1nc2ccccc2c(=O)[nH]1.NC1CCN(Cc2ccccc2)CC1. The fraction of sp³-hybridized carbons (Fsp3) is 0.417. The lowest BCUT2D eigenvalue weighted by molar-refractivity contribution is 0.198. The van der Waals surface area contributed by atoms with Crippen molar-refractivity contribution in [1.29, 1.82) is 0 Å². The topological polar surface area (TPSA) is 125 Å². The molecule has 10 nitrogen and oxygen atoms in total. The number of benzene rings is 4. The minimum absolute atomic E-state index is 0.0533. The quantitative estimate of drug-likeness (QED) is 0.140. The number of likely N-dealkylation sites (tertiary alicyclic amines) is 2. The smallest absolute Gasteiger partial charge is 0.258 e. The summed E-state index contributed by atoms with van der Waals surface area (Å²) in [6, 6.07) is 37.9. The fourth-order valence-corrected chi connectivity index (χ4v) is 7.43. The van der Waals surface area contributed by atoms with Crippen LogP contribution in [0.2, 0.25) is 0 Å². The molecule has 0 saturated carbocycles. The van der Waals surface area contributed by atoms with Crippen molar-refractivity contribution in [3.63, 3.8) is 0 Å². The van der Waals surface area contributed by atoms with E-state index in [0.717, 1.165) is 125 Å². The monoisotopic (exact) mass is 782 g/mol. The number of nitrogens with zero attached hydrogens (tertiary/aromatic N) is 5. The van der Waals surface area contributed by atoms with Crippen LogP contribution in [-0.2, 0) is 30.7 Å². The van der Waals surface area contributed by atoms with Gasteiger partial charge in [-0.3, -0.25) is 14.6 Å². The summed E-state index contributed by atoms with van der Waals surface area (Å²) in [5, 5.41) is 5.48. The third-order valence-electron chi connectivity index (χ3n) is 10.8. The molecule has 0 bridgehead atoms. The van der Waals surface area contributed by atoms with Crippen molar-refractivity contribution in [2.45, 2.75) is 90.4 Å². The second-order valence-electron chi connectivity index (χ2n) is 15.3. The van der Waals surface area contributed by atoms with Crippen LogP contribution in [0.15, 0.2) is 114 Å². The first kappa shape index (κ1) is 42.6. The van der Waals surface area contributed by atoms with Gasteiger partial charge in [-0.05, 0) is 87.0 Å². The second kappa shape index (κ2) is 22.8. The maximum Gasteiger partial charge on any atom is 0.258 e. The van der Waals surface area contributed by atoms with E-state index in [-0.39, 0.29) is 5.56 Å². The second-order valence-corrected chi connectivity index (χ2v) is 15.3. The number of piperidine rings is 2. The number of aromatic nitrogens is 4. The van der Waals surface area contributed by atoms with Crippen LogP contribution in [0, 0.1) is 0 Å². The van der Waals surface area contributed by atoms with Crippen molar-refractivity contribution in [2.24, 2.45) is 5.73 Å². The van der Waals surface area contributed by atoms with Gasteiger partial charge in [0.1, 0.15) is 17.5 Å². The van der Waals surface area contributed by atoms with Gasteiger partial charge in [0.15, 0.2) is 0 Å². The standard InChI is InChI=1S/C22H26N4.C12H18N2.C10H10N2O.C4H8O/c1-2-21-24-20-11-7-6-10-19(20)22(25-21)23-18-12-14-26(15-13-18)16-17-8-4-3-5-9-17;13-12-6-8-14(9-7-12)10-11-4-2-1-3-5-11;1-2-9-11-8-6-4-3-5-7(8)10(13)12-9;1-2-4-5-3-1/h3-11,18H,2,12-16H2,1H3,(H,23,24,25);1-5,12H,6-10,13H2;3-6H,2H2,1H3,(H,11,12,13);1-4H2. The Morgan fingerprint density at radius 2 is 1.17 bits per heavy atom. The molecule has 0 atom stereocenters. The molecule has 10 heteroatoms. The van der Waals surface area contributed by atoms with Gasteiger partial charge in [-0.25, -0.2) is 15.0 Å². The van der Waals surface area contributed by atoms with Crippen LogP contribution in [0.3, 0.4) is 0 Å². The third-order valence-corrected chi connectivity index (χ3v) is 10.8. The molecular formula is C48H62N8O2. The van der Waals surface area contributed by atoms with Gasteiger partial charge < -0.3 is 20.8 Å². The van der Waals surface area contributed by atoms with E-state index < -0.39 is 0 Å². The number of anilines is 1. The summed E-state index contributed by atoms with van der Waals surface area (Å²) in [5.74, 6) is 2.64. The molecule has 0 amide bonds. The first-order valence-electron chi connectivity index (χ1n) is 21.3. The Hall–Kier alpha value is -5.00. The van der Waals surface area contributed by atoms with Crippen LogP contribution in [0.5, 0.6) is 0 Å². The molecule has 3 saturated heterocycles. The average Bonchev–Trinajstić information content (AvgIpc) is 3.87. The summed E-state index contributed by atoms with van der Waals surface area (Å²) in [6.07, 6.45) is 8.74. The molecule has 4 N–H and O–H groups in total. The van der Waals surface area contributed by atoms with E-state index >= 15 is 0 Å².